The number of nitrogens with zero attached hydrogens (tertiary/aromatic N) is 2. The summed E-state index contributed by atoms with van der Waals surface area (Å²) in [5, 5.41) is 5.40. The fourth-order valence-electron chi connectivity index (χ4n) is 2.71. The highest BCUT2D eigenvalue weighted by Crippen LogP contribution is 2.11. The van der Waals surface area contributed by atoms with Crippen molar-refractivity contribution in [3.8, 4) is 0 Å². The Kier molecular flexibility index (Phi) is 6.45. The summed E-state index contributed by atoms with van der Waals surface area (Å²) in [6.45, 7) is 4.33. The summed E-state index contributed by atoms with van der Waals surface area (Å²) in [5.74, 6) is -1.23. The molecule has 2 amide bonds. The van der Waals surface area contributed by atoms with E-state index in [0.29, 0.717) is 25.4 Å². The first kappa shape index (κ1) is 18.9. The number of hydrogen-bond acceptors (Lipinski definition) is 5. The minimum absolute atomic E-state index is 0.156. The lowest BCUT2D eigenvalue weighted by Gasteiger charge is -2.26. The van der Waals surface area contributed by atoms with Crippen molar-refractivity contribution < 1.29 is 18.7 Å². The van der Waals surface area contributed by atoms with Crippen LogP contribution in [0, 0.1) is 5.82 Å². The third kappa shape index (κ3) is 5.57. The highest BCUT2D eigenvalue weighted by atomic mass is 19.1. The SMILES string of the molecule is O=C(Nc1cccc(F)c1)c1ccnc(C(=O)NCCN2CCOCC2)c1. The molecule has 1 aliphatic rings. The van der Waals surface area contributed by atoms with Crippen molar-refractivity contribution in [2.24, 2.45) is 0 Å². The fraction of sp³-hybridized carbons (Fsp3) is 0.316. The number of nitrogens with one attached hydrogen (secondary N) is 2. The zero-order chi connectivity index (χ0) is 19.1. The van der Waals surface area contributed by atoms with Crippen LogP contribution in [0.1, 0.15) is 20.8 Å². The summed E-state index contributed by atoms with van der Waals surface area (Å²) in [4.78, 5) is 30.8. The monoisotopic (exact) mass is 372 g/mol. The van der Waals surface area contributed by atoms with Crippen LogP contribution in [0.4, 0.5) is 10.1 Å². The number of amides is 2. The molecule has 7 nitrogen and oxygen atoms in total. The molecule has 0 atom stereocenters. The zero-order valence-corrected chi connectivity index (χ0v) is 14.8. The molecule has 1 fully saturated rings. The van der Waals surface area contributed by atoms with E-state index < -0.39 is 11.7 Å². The average Bonchev–Trinajstić information content (AvgIpc) is 2.69. The summed E-state index contributed by atoms with van der Waals surface area (Å²) < 4.78 is 18.5. The molecule has 1 aromatic carbocycles. The van der Waals surface area contributed by atoms with Crippen LogP contribution in [-0.2, 0) is 4.74 Å². The predicted molar refractivity (Wildman–Crippen MR) is 98.2 cm³/mol. The second kappa shape index (κ2) is 9.20. The fourth-order valence-corrected chi connectivity index (χ4v) is 2.71. The first-order valence-electron chi connectivity index (χ1n) is 8.73. The Morgan fingerprint density at radius 3 is 2.74 bits per heavy atom. The Balaban J connectivity index is 1.55. The van der Waals surface area contributed by atoms with Crippen LogP contribution in [0.3, 0.4) is 0 Å². The number of benzene rings is 1. The van der Waals surface area contributed by atoms with E-state index in [1.54, 1.807) is 6.07 Å². The molecule has 142 valence electrons. The number of hydrogen-bond donors (Lipinski definition) is 2. The van der Waals surface area contributed by atoms with Gasteiger partial charge in [-0.05, 0) is 30.3 Å². The Morgan fingerprint density at radius 1 is 1.15 bits per heavy atom. The zero-order valence-electron chi connectivity index (χ0n) is 14.8. The van der Waals surface area contributed by atoms with Gasteiger partial charge in [0, 0.05) is 43.6 Å². The van der Waals surface area contributed by atoms with E-state index in [9.17, 15) is 14.0 Å². The average molecular weight is 372 g/mol. The van der Waals surface area contributed by atoms with Crippen LogP contribution in [0.25, 0.3) is 0 Å². The van der Waals surface area contributed by atoms with Crippen molar-refractivity contribution in [1.82, 2.24) is 15.2 Å². The summed E-state index contributed by atoms with van der Waals surface area (Å²) in [6.07, 6.45) is 1.40. The predicted octanol–water partition coefficient (Wildman–Crippen LogP) is 1.53. The van der Waals surface area contributed by atoms with Crippen molar-refractivity contribution in [3.05, 3.63) is 59.7 Å². The van der Waals surface area contributed by atoms with E-state index in [-0.39, 0.29) is 17.2 Å². The number of ether oxygens (including phenoxy) is 1. The normalized spacial score (nSPS) is 14.6. The van der Waals surface area contributed by atoms with E-state index in [1.807, 2.05) is 0 Å². The van der Waals surface area contributed by atoms with Gasteiger partial charge in [0.1, 0.15) is 11.5 Å². The number of carbonyl (C=O) groups excluding carboxylic acids is 2. The smallest absolute Gasteiger partial charge is 0.269 e. The molecule has 3 rings (SSSR count). The second-order valence-electron chi connectivity index (χ2n) is 6.10. The van der Waals surface area contributed by atoms with Gasteiger partial charge in [-0.15, -0.1) is 0 Å². The first-order chi connectivity index (χ1) is 13.1. The van der Waals surface area contributed by atoms with Crippen molar-refractivity contribution in [2.75, 3.05) is 44.7 Å². The van der Waals surface area contributed by atoms with Crippen LogP contribution in [0.2, 0.25) is 0 Å². The maximum absolute atomic E-state index is 13.2. The molecule has 2 N–H and O–H groups in total. The van der Waals surface area contributed by atoms with Crippen molar-refractivity contribution in [2.45, 2.75) is 0 Å². The summed E-state index contributed by atoms with van der Waals surface area (Å²) in [7, 11) is 0. The molecular formula is C19H21FN4O3. The number of halogens is 1. The lowest BCUT2D eigenvalue weighted by atomic mass is 10.2. The van der Waals surface area contributed by atoms with Crippen LogP contribution < -0.4 is 10.6 Å². The topological polar surface area (TPSA) is 83.6 Å². The van der Waals surface area contributed by atoms with Crippen molar-refractivity contribution in [3.63, 3.8) is 0 Å². The van der Waals surface area contributed by atoms with Gasteiger partial charge in [0.15, 0.2) is 0 Å². The third-order valence-corrected chi connectivity index (χ3v) is 4.15. The van der Waals surface area contributed by atoms with Gasteiger partial charge in [0.25, 0.3) is 11.8 Å². The van der Waals surface area contributed by atoms with Gasteiger partial charge in [-0.2, -0.15) is 0 Å². The number of carbonyl (C=O) groups is 2. The second-order valence-corrected chi connectivity index (χ2v) is 6.10. The van der Waals surface area contributed by atoms with Gasteiger partial charge in [-0.3, -0.25) is 19.5 Å². The summed E-state index contributed by atoms with van der Waals surface area (Å²) in [6, 6.07) is 8.52. The van der Waals surface area contributed by atoms with Crippen LogP contribution >= 0.6 is 0 Å². The number of pyridine rings is 1. The largest absolute Gasteiger partial charge is 0.379 e. The summed E-state index contributed by atoms with van der Waals surface area (Å²) >= 11 is 0. The lowest BCUT2D eigenvalue weighted by Crippen LogP contribution is -2.41. The van der Waals surface area contributed by atoms with Crippen LogP contribution in [-0.4, -0.2) is 61.1 Å². The molecule has 0 saturated carbocycles. The van der Waals surface area contributed by atoms with E-state index in [1.165, 1.54) is 36.5 Å². The Morgan fingerprint density at radius 2 is 1.96 bits per heavy atom. The third-order valence-electron chi connectivity index (χ3n) is 4.15. The van der Waals surface area contributed by atoms with Crippen LogP contribution in [0.5, 0.6) is 0 Å². The molecule has 0 radical (unpaired) electrons. The van der Waals surface area contributed by atoms with Gasteiger partial charge in [0.2, 0.25) is 0 Å². The molecule has 1 saturated heterocycles. The van der Waals surface area contributed by atoms with Gasteiger partial charge in [-0.25, -0.2) is 4.39 Å². The molecule has 8 heteroatoms. The Hall–Kier alpha value is -2.84. The number of morpholine rings is 1. The quantitative estimate of drug-likeness (QED) is 0.804. The lowest BCUT2D eigenvalue weighted by molar-refractivity contribution is 0.0383. The van der Waals surface area contributed by atoms with E-state index in [4.69, 9.17) is 4.74 Å². The molecule has 0 aliphatic carbocycles. The number of anilines is 1. The molecule has 1 aliphatic heterocycles. The molecule has 1 aromatic heterocycles. The first-order valence-corrected chi connectivity index (χ1v) is 8.73. The standard InChI is InChI=1S/C19H21FN4O3/c20-15-2-1-3-16(13-15)23-18(25)14-4-5-21-17(12-14)19(26)22-6-7-24-8-10-27-11-9-24/h1-5,12-13H,6-11H2,(H,22,26)(H,23,25). The highest BCUT2D eigenvalue weighted by molar-refractivity contribution is 6.05. The number of aromatic nitrogens is 1. The maximum atomic E-state index is 13.2. The minimum atomic E-state index is -0.442. The van der Waals surface area contributed by atoms with Gasteiger partial charge < -0.3 is 15.4 Å². The molecule has 2 aromatic rings. The van der Waals surface area contributed by atoms with Crippen molar-refractivity contribution >= 4 is 17.5 Å². The van der Waals surface area contributed by atoms with Crippen molar-refractivity contribution in [1.29, 1.82) is 0 Å². The van der Waals surface area contributed by atoms with E-state index in [2.05, 4.69) is 20.5 Å². The highest BCUT2D eigenvalue weighted by Gasteiger charge is 2.14. The van der Waals surface area contributed by atoms with E-state index in [0.717, 1.165) is 19.6 Å². The molecular weight excluding hydrogens is 351 g/mol. The Bertz CT molecular complexity index is 809. The van der Waals surface area contributed by atoms with Gasteiger partial charge in [-0.1, -0.05) is 6.07 Å². The molecule has 0 unspecified atom stereocenters. The summed E-state index contributed by atoms with van der Waals surface area (Å²) in [5.41, 5.74) is 0.768. The number of rotatable bonds is 6. The molecule has 27 heavy (non-hydrogen) atoms. The van der Waals surface area contributed by atoms with Gasteiger partial charge in [0.05, 0.1) is 13.2 Å². The van der Waals surface area contributed by atoms with Gasteiger partial charge >= 0.3 is 0 Å². The minimum Gasteiger partial charge on any atom is -0.379 e. The molecule has 2 heterocycles. The Labute approximate surface area is 156 Å². The van der Waals surface area contributed by atoms with Crippen LogP contribution in [0.15, 0.2) is 42.6 Å². The molecule has 0 spiro atoms. The van der Waals surface area contributed by atoms with E-state index >= 15 is 0 Å². The molecule has 0 bridgehead atoms. The maximum Gasteiger partial charge on any atom is 0.269 e.